The van der Waals surface area contributed by atoms with Crippen molar-refractivity contribution in [1.82, 2.24) is 9.88 Å². The van der Waals surface area contributed by atoms with E-state index in [0.717, 1.165) is 23.8 Å². The Balaban J connectivity index is 1.72. The summed E-state index contributed by atoms with van der Waals surface area (Å²) in [5, 5.41) is 1.93. The molecule has 0 saturated carbocycles. The number of likely N-dealkylation sites (tertiary alicyclic amines) is 1. The molecule has 8 heteroatoms. The summed E-state index contributed by atoms with van der Waals surface area (Å²) in [4.78, 5) is 20.8. The number of hydrogen-bond donors (Lipinski definition) is 0. The lowest BCUT2D eigenvalue weighted by atomic mass is 10.0. The number of carbonyl (C=O) groups excluding carboxylic acids is 1. The van der Waals surface area contributed by atoms with Crippen molar-refractivity contribution in [2.24, 2.45) is 0 Å². The average molecular weight is 383 g/mol. The number of anilines is 1. The van der Waals surface area contributed by atoms with E-state index in [1.165, 1.54) is 23.6 Å². The van der Waals surface area contributed by atoms with Gasteiger partial charge in [-0.2, -0.15) is 13.2 Å². The lowest BCUT2D eigenvalue weighted by Gasteiger charge is -2.38. The van der Waals surface area contributed by atoms with E-state index >= 15 is 0 Å². The minimum atomic E-state index is -4.46. The Hall–Kier alpha value is -2.09. The molecule has 1 saturated heterocycles. The van der Waals surface area contributed by atoms with Crippen LogP contribution in [0.4, 0.5) is 19.0 Å². The van der Waals surface area contributed by atoms with Crippen molar-refractivity contribution in [3.05, 3.63) is 46.3 Å². The number of carbonyl (C=O) groups is 1. The Morgan fingerprint density at radius 2 is 2.19 bits per heavy atom. The van der Waals surface area contributed by atoms with Crippen molar-refractivity contribution in [2.45, 2.75) is 31.5 Å². The highest BCUT2D eigenvalue weighted by Gasteiger charge is 2.37. The Morgan fingerprint density at radius 1 is 1.38 bits per heavy atom. The van der Waals surface area contributed by atoms with Gasteiger partial charge in [-0.3, -0.25) is 4.79 Å². The topological polar surface area (TPSA) is 36.4 Å². The molecule has 0 bridgehead atoms. The number of nitrogens with zero attached hydrogens (tertiary/aromatic N) is 3. The number of alkyl halides is 3. The van der Waals surface area contributed by atoms with Crippen LogP contribution in [0.1, 0.15) is 23.3 Å². The molecule has 0 N–H and O–H groups in total. The summed E-state index contributed by atoms with van der Waals surface area (Å²) in [6, 6.07) is 5.96. The van der Waals surface area contributed by atoms with Crippen LogP contribution in [-0.4, -0.2) is 42.0 Å². The number of hydrogen-bond acceptors (Lipinski definition) is 4. The maximum Gasteiger partial charge on any atom is 0.419 e. The van der Waals surface area contributed by atoms with E-state index in [-0.39, 0.29) is 17.8 Å². The Kier molecular flexibility index (Phi) is 5.50. The summed E-state index contributed by atoms with van der Waals surface area (Å²) in [5.41, 5.74) is -0.746. The summed E-state index contributed by atoms with van der Waals surface area (Å²) in [6.07, 6.45) is -1.26. The number of aromatic nitrogens is 1. The molecule has 0 radical (unpaired) electrons. The Bertz CT molecular complexity index is 748. The molecular formula is C18H20F3N3OS. The first-order valence-electron chi connectivity index (χ1n) is 8.41. The number of halogens is 3. The zero-order valence-electron chi connectivity index (χ0n) is 14.4. The Labute approximate surface area is 154 Å². The molecule has 4 nitrogen and oxygen atoms in total. The predicted octanol–water partition coefficient (Wildman–Crippen LogP) is 3.83. The van der Waals surface area contributed by atoms with Crippen LogP contribution in [0.25, 0.3) is 0 Å². The summed E-state index contributed by atoms with van der Waals surface area (Å²) < 4.78 is 39.8. The second-order valence-corrected chi connectivity index (χ2v) is 7.41. The van der Waals surface area contributed by atoms with Crippen LogP contribution >= 0.6 is 11.3 Å². The molecule has 1 atom stereocenters. The maximum absolute atomic E-state index is 13.3. The molecular weight excluding hydrogens is 363 g/mol. The fourth-order valence-corrected chi connectivity index (χ4v) is 3.94. The molecule has 1 aliphatic rings. The number of rotatable bonds is 4. The van der Waals surface area contributed by atoms with Crippen molar-refractivity contribution in [3.8, 4) is 0 Å². The molecule has 1 fully saturated rings. The summed E-state index contributed by atoms with van der Waals surface area (Å²) in [7, 11) is 1.62. The van der Waals surface area contributed by atoms with E-state index in [9.17, 15) is 18.0 Å². The summed E-state index contributed by atoms with van der Waals surface area (Å²) in [5.74, 6) is -0.0693. The van der Waals surface area contributed by atoms with E-state index < -0.39 is 11.7 Å². The lowest BCUT2D eigenvalue weighted by molar-refractivity contribution is -0.137. The molecule has 1 unspecified atom stereocenters. The number of thiophene rings is 1. The van der Waals surface area contributed by atoms with Gasteiger partial charge in [-0.15, -0.1) is 11.3 Å². The van der Waals surface area contributed by atoms with Gasteiger partial charge in [0.15, 0.2) is 0 Å². The third-order valence-corrected chi connectivity index (χ3v) is 5.51. The van der Waals surface area contributed by atoms with Crippen LogP contribution in [-0.2, 0) is 17.4 Å². The first-order valence-corrected chi connectivity index (χ1v) is 9.29. The first-order chi connectivity index (χ1) is 12.4. The van der Waals surface area contributed by atoms with E-state index in [4.69, 9.17) is 0 Å². The lowest BCUT2D eigenvalue weighted by Crippen LogP contribution is -2.49. The second-order valence-electron chi connectivity index (χ2n) is 6.38. The standard InChI is InChI=1S/C18H20F3N3OS/c1-23(17-15(18(19,20)21)7-2-8-22-17)13-5-3-9-24(12-13)16(25)11-14-6-4-10-26-14/h2,4,6-8,10,13H,3,5,9,11-12H2,1H3. The van der Waals surface area contributed by atoms with Gasteiger partial charge in [-0.05, 0) is 36.4 Å². The second kappa shape index (κ2) is 7.65. The van der Waals surface area contributed by atoms with Gasteiger partial charge in [0.2, 0.25) is 5.91 Å². The smallest absolute Gasteiger partial charge is 0.354 e. The molecule has 0 spiro atoms. The maximum atomic E-state index is 13.3. The van der Waals surface area contributed by atoms with Crippen LogP contribution in [0.15, 0.2) is 35.8 Å². The SMILES string of the molecule is CN(c1ncccc1C(F)(F)F)C1CCCN(C(=O)Cc2cccs2)C1. The van der Waals surface area contributed by atoms with E-state index in [0.29, 0.717) is 19.5 Å². The third kappa shape index (κ3) is 4.17. The van der Waals surface area contributed by atoms with Gasteiger partial charge in [-0.25, -0.2) is 4.98 Å². The number of pyridine rings is 1. The predicted molar refractivity (Wildman–Crippen MR) is 95.3 cm³/mol. The summed E-state index contributed by atoms with van der Waals surface area (Å²) >= 11 is 1.53. The normalized spacial score (nSPS) is 18.0. The largest absolute Gasteiger partial charge is 0.419 e. The van der Waals surface area contributed by atoms with Crippen LogP contribution in [0, 0.1) is 0 Å². The number of piperidine rings is 1. The van der Waals surface area contributed by atoms with E-state index in [2.05, 4.69) is 4.98 Å². The zero-order chi connectivity index (χ0) is 18.7. The van der Waals surface area contributed by atoms with Gasteiger partial charge < -0.3 is 9.80 Å². The van der Waals surface area contributed by atoms with Gasteiger partial charge in [0.1, 0.15) is 5.82 Å². The van der Waals surface area contributed by atoms with Crippen molar-refractivity contribution in [1.29, 1.82) is 0 Å². The quantitative estimate of drug-likeness (QED) is 0.805. The number of likely N-dealkylation sites (N-methyl/N-ethyl adjacent to an activating group) is 1. The average Bonchev–Trinajstić information content (AvgIpc) is 3.13. The fraction of sp³-hybridized carbons (Fsp3) is 0.444. The minimum absolute atomic E-state index is 0.0163. The molecule has 3 heterocycles. The van der Waals surface area contributed by atoms with Crippen LogP contribution in [0.5, 0.6) is 0 Å². The molecule has 1 amide bonds. The molecule has 2 aromatic rings. The van der Waals surface area contributed by atoms with Gasteiger partial charge in [0.05, 0.1) is 12.0 Å². The van der Waals surface area contributed by atoms with Crippen LogP contribution in [0.2, 0.25) is 0 Å². The third-order valence-electron chi connectivity index (χ3n) is 4.63. The molecule has 0 aliphatic carbocycles. The van der Waals surface area contributed by atoms with Crippen LogP contribution < -0.4 is 4.90 Å². The monoisotopic (exact) mass is 383 g/mol. The van der Waals surface area contributed by atoms with Crippen molar-refractivity contribution in [3.63, 3.8) is 0 Å². The first kappa shape index (κ1) is 18.7. The van der Waals surface area contributed by atoms with E-state index in [1.54, 1.807) is 16.8 Å². The van der Waals surface area contributed by atoms with E-state index in [1.807, 2.05) is 17.5 Å². The molecule has 0 aromatic carbocycles. The Morgan fingerprint density at radius 3 is 2.88 bits per heavy atom. The zero-order valence-corrected chi connectivity index (χ0v) is 15.2. The van der Waals surface area contributed by atoms with Gasteiger partial charge in [0.25, 0.3) is 0 Å². The molecule has 3 rings (SSSR count). The van der Waals surface area contributed by atoms with Crippen molar-refractivity contribution in [2.75, 3.05) is 25.0 Å². The van der Waals surface area contributed by atoms with Gasteiger partial charge >= 0.3 is 6.18 Å². The molecule has 1 aliphatic heterocycles. The number of amides is 1. The van der Waals surface area contributed by atoms with Crippen molar-refractivity contribution >= 4 is 23.1 Å². The van der Waals surface area contributed by atoms with Gasteiger partial charge in [0, 0.05) is 37.3 Å². The molecule has 140 valence electrons. The minimum Gasteiger partial charge on any atom is -0.354 e. The highest BCUT2D eigenvalue weighted by Crippen LogP contribution is 2.36. The molecule has 2 aromatic heterocycles. The highest BCUT2D eigenvalue weighted by atomic mass is 32.1. The highest BCUT2D eigenvalue weighted by molar-refractivity contribution is 7.10. The van der Waals surface area contributed by atoms with Crippen molar-refractivity contribution < 1.29 is 18.0 Å². The molecule has 26 heavy (non-hydrogen) atoms. The fourth-order valence-electron chi connectivity index (χ4n) is 3.24. The van der Waals surface area contributed by atoms with Gasteiger partial charge in [-0.1, -0.05) is 6.07 Å². The summed E-state index contributed by atoms with van der Waals surface area (Å²) in [6.45, 7) is 1.05. The van der Waals surface area contributed by atoms with Crippen LogP contribution in [0.3, 0.4) is 0 Å².